The lowest BCUT2D eigenvalue weighted by Crippen LogP contribution is -2.19. The van der Waals surface area contributed by atoms with Crippen LogP contribution in [0.25, 0.3) is 0 Å². The van der Waals surface area contributed by atoms with Crippen LogP contribution >= 0.6 is 11.6 Å². The van der Waals surface area contributed by atoms with Gasteiger partial charge in [-0.2, -0.15) is 0 Å². The Morgan fingerprint density at radius 3 is 2.76 bits per heavy atom. The van der Waals surface area contributed by atoms with Crippen LogP contribution in [0.4, 0.5) is 0 Å². The van der Waals surface area contributed by atoms with Crippen LogP contribution in [-0.2, 0) is 0 Å². The van der Waals surface area contributed by atoms with Crippen molar-refractivity contribution in [2.45, 2.75) is 18.6 Å². The third-order valence-electron chi connectivity index (χ3n) is 3.61. The number of rotatable bonds is 2. The first kappa shape index (κ1) is 14.0. The summed E-state index contributed by atoms with van der Waals surface area (Å²) in [6.07, 6.45) is -0.578. The molecule has 0 bridgehead atoms. The fourth-order valence-electron chi connectivity index (χ4n) is 2.53. The number of halogens is 1. The molecular weight excluding hydrogens is 292 g/mol. The Morgan fingerprint density at radius 2 is 2.05 bits per heavy atom. The largest absolute Gasteiger partial charge is 0.504 e. The third kappa shape index (κ3) is 2.64. The normalized spacial score (nSPS) is 20.5. The lowest BCUT2D eigenvalue weighted by Gasteiger charge is -2.30. The summed E-state index contributed by atoms with van der Waals surface area (Å²) in [5.74, 6) is 1.07. The second-order valence-corrected chi connectivity index (χ2v) is 5.41. The minimum Gasteiger partial charge on any atom is -0.504 e. The molecule has 0 aliphatic carbocycles. The Bertz CT molecular complexity index is 671. The zero-order valence-corrected chi connectivity index (χ0v) is 12.2. The maximum Gasteiger partial charge on any atom is 0.160 e. The van der Waals surface area contributed by atoms with Crippen molar-refractivity contribution >= 4 is 11.6 Å². The van der Waals surface area contributed by atoms with E-state index in [1.165, 1.54) is 7.11 Å². The van der Waals surface area contributed by atoms with Gasteiger partial charge in [-0.25, -0.2) is 0 Å². The summed E-state index contributed by atoms with van der Waals surface area (Å²) in [6.45, 7) is 0. The van der Waals surface area contributed by atoms with Crippen LogP contribution in [0.1, 0.15) is 29.8 Å². The Hall–Kier alpha value is -1.91. The van der Waals surface area contributed by atoms with E-state index in [1.54, 1.807) is 30.3 Å². The number of methoxy groups -OCH3 is 1. The number of hydrogen-bond acceptors (Lipinski definition) is 4. The monoisotopic (exact) mass is 306 g/mol. The smallest absolute Gasteiger partial charge is 0.160 e. The van der Waals surface area contributed by atoms with Crippen molar-refractivity contribution in [1.82, 2.24) is 0 Å². The van der Waals surface area contributed by atoms with Gasteiger partial charge in [0.1, 0.15) is 11.9 Å². The first-order valence-corrected chi connectivity index (χ1v) is 6.97. The van der Waals surface area contributed by atoms with Crippen molar-refractivity contribution in [3.8, 4) is 17.2 Å². The number of phenols is 1. The van der Waals surface area contributed by atoms with E-state index in [4.69, 9.17) is 21.1 Å². The van der Waals surface area contributed by atoms with Crippen LogP contribution in [0.2, 0.25) is 5.02 Å². The van der Waals surface area contributed by atoms with Crippen LogP contribution in [0.3, 0.4) is 0 Å². The van der Waals surface area contributed by atoms with Crippen molar-refractivity contribution in [2.75, 3.05) is 7.11 Å². The number of aromatic hydroxyl groups is 1. The average Bonchev–Trinajstić information content (AvgIpc) is 2.47. The summed E-state index contributed by atoms with van der Waals surface area (Å²) in [6, 6.07) is 10.3. The predicted molar refractivity (Wildman–Crippen MR) is 79.1 cm³/mol. The maximum absolute atomic E-state index is 10.3. The highest BCUT2D eigenvalue weighted by Gasteiger charge is 2.28. The number of phenolic OH excluding ortho intramolecular Hbond substituents is 1. The summed E-state index contributed by atoms with van der Waals surface area (Å²) in [7, 11) is 1.50. The summed E-state index contributed by atoms with van der Waals surface area (Å²) >= 11 is 5.94. The molecule has 0 amide bonds. The van der Waals surface area contributed by atoms with E-state index in [9.17, 15) is 10.2 Å². The topological polar surface area (TPSA) is 58.9 Å². The van der Waals surface area contributed by atoms with Crippen LogP contribution in [0, 0.1) is 0 Å². The molecular formula is C16H15ClO4. The Balaban J connectivity index is 1.92. The van der Waals surface area contributed by atoms with Crippen molar-refractivity contribution in [3.05, 3.63) is 52.5 Å². The molecule has 3 rings (SSSR count). The zero-order chi connectivity index (χ0) is 15.0. The van der Waals surface area contributed by atoms with Gasteiger partial charge in [-0.1, -0.05) is 17.7 Å². The van der Waals surface area contributed by atoms with E-state index < -0.39 is 6.10 Å². The van der Waals surface area contributed by atoms with Gasteiger partial charge >= 0.3 is 0 Å². The van der Waals surface area contributed by atoms with E-state index in [0.717, 1.165) is 5.56 Å². The second-order valence-electron chi connectivity index (χ2n) is 4.97. The molecule has 1 heterocycles. The summed E-state index contributed by atoms with van der Waals surface area (Å²) in [5, 5.41) is 20.7. The molecule has 0 spiro atoms. The lowest BCUT2D eigenvalue weighted by atomic mass is 9.95. The zero-order valence-electron chi connectivity index (χ0n) is 11.4. The first-order valence-electron chi connectivity index (χ1n) is 6.59. The number of aliphatic hydroxyl groups is 1. The van der Waals surface area contributed by atoms with E-state index >= 15 is 0 Å². The molecule has 2 atom stereocenters. The Kier molecular flexibility index (Phi) is 3.66. The number of aliphatic hydroxyl groups excluding tert-OH is 1. The molecule has 0 saturated carbocycles. The molecule has 2 unspecified atom stereocenters. The van der Waals surface area contributed by atoms with E-state index in [0.29, 0.717) is 28.5 Å². The van der Waals surface area contributed by atoms with Gasteiger partial charge in [0.2, 0.25) is 0 Å². The standard InChI is InChI=1S/C16H15ClO4/c1-20-15-4-2-9(6-13(15)19)16-8-12(18)11-7-10(17)3-5-14(11)21-16/h2-7,12,16,18-19H,8H2,1H3. The fraction of sp³-hybridized carbons (Fsp3) is 0.250. The van der Waals surface area contributed by atoms with Gasteiger partial charge < -0.3 is 19.7 Å². The molecule has 1 aliphatic rings. The molecule has 2 aromatic carbocycles. The lowest BCUT2D eigenvalue weighted by molar-refractivity contribution is 0.0656. The highest BCUT2D eigenvalue weighted by Crippen LogP contribution is 2.42. The van der Waals surface area contributed by atoms with Crippen LogP contribution in [0.15, 0.2) is 36.4 Å². The second kappa shape index (κ2) is 5.47. The molecule has 0 aromatic heterocycles. The number of ether oxygens (including phenoxy) is 2. The van der Waals surface area contributed by atoms with Crippen molar-refractivity contribution in [2.24, 2.45) is 0 Å². The summed E-state index contributed by atoms with van der Waals surface area (Å²) in [4.78, 5) is 0. The Labute approximate surface area is 127 Å². The van der Waals surface area contributed by atoms with E-state index in [2.05, 4.69) is 0 Å². The van der Waals surface area contributed by atoms with Gasteiger partial charge in [0.25, 0.3) is 0 Å². The summed E-state index contributed by atoms with van der Waals surface area (Å²) in [5.41, 5.74) is 1.48. The molecule has 2 N–H and O–H groups in total. The van der Waals surface area contributed by atoms with Crippen molar-refractivity contribution < 1.29 is 19.7 Å². The summed E-state index contributed by atoms with van der Waals surface area (Å²) < 4.78 is 10.9. The van der Waals surface area contributed by atoms with Crippen LogP contribution in [0.5, 0.6) is 17.2 Å². The van der Waals surface area contributed by atoms with Gasteiger partial charge in [0.15, 0.2) is 11.5 Å². The minimum atomic E-state index is -0.651. The van der Waals surface area contributed by atoms with Crippen LogP contribution in [-0.4, -0.2) is 17.3 Å². The molecule has 0 saturated heterocycles. The molecule has 4 nitrogen and oxygen atoms in total. The third-order valence-corrected chi connectivity index (χ3v) is 3.85. The Morgan fingerprint density at radius 1 is 1.24 bits per heavy atom. The molecule has 0 fully saturated rings. The first-order chi connectivity index (χ1) is 10.1. The van der Waals surface area contributed by atoms with Gasteiger partial charge in [0, 0.05) is 17.0 Å². The van der Waals surface area contributed by atoms with E-state index in [1.807, 2.05) is 6.07 Å². The molecule has 21 heavy (non-hydrogen) atoms. The van der Waals surface area contributed by atoms with Gasteiger partial charge in [-0.3, -0.25) is 0 Å². The number of fused-ring (bicyclic) bond motifs is 1. The highest BCUT2D eigenvalue weighted by atomic mass is 35.5. The van der Waals surface area contributed by atoms with E-state index in [-0.39, 0.29) is 11.9 Å². The molecule has 5 heteroatoms. The highest BCUT2D eigenvalue weighted by molar-refractivity contribution is 6.30. The number of benzene rings is 2. The SMILES string of the molecule is COc1ccc(C2CC(O)c3cc(Cl)ccc3O2)cc1O. The molecule has 110 valence electrons. The van der Waals surface area contributed by atoms with Crippen molar-refractivity contribution in [3.63, 3.8) is 0 Å². The van der Waals surface area contributed by atoms with Gasteiger partial charge in [-0.15, -0.1) is 0 Å². The van der Waals surface area contributed by atoms with Crippen molar-refractivity contribution in [1.29, 1.82) is 0 Å². The molecule has 2 aromatic rings. The van der Waals surface area contributed by atoms with Crippen LogP contribution < -0.4 is 9.47 Å². The average molecular weight is 307 g/mol. The fourth-order valence-corrected chi connectivity index (χ4v) is 2.71. The minimum absolute atomic E-state index is 0.0509. The van der Waals surface area contributed by atoms with Gasteiger partial charge in [0.05, 0.1) is 13.2 Å². The molecule has 1 aliphatic heterocycles. The predicted octanol–water partition coefficient (Wildman–Crippen LogP) is 3.61. The molecule has 0 radical (unpaired) electrons. The quantitative estimate of drug-likeness (QED) is 0.890. The maximum atomic E-state index is 10.3. The number of hydrogen-bond donors (Lipinski definition) is 2. The van der Waals surface area contributed by atoms with Gasteiger partial charge in [-0.05, 0) is 35.9 Å².